The van der Waals surface area contributed by atoms with Crippen LogP contribution in [0.4, 0.5) is 13.9 Å². The number of nitrogens with one attached hydrogen (secondary N) is 1. The Morgan fingerprint density at radius 3 is 2.44 bits per heavy atom. The number of halogens is 2. The summed E-state index contributed by atoms with van der Waals surface area (Å²) in [5, 5.41) is 18.1. The molecule has 25 heavy (non-hydrogen) atoms. The van der Waals surface area contributed by atoms with Gasteiger partial charge in [-0.3, -0.25) is 10.1 Å². The van der Waals surface area contributed by atoms with E-state index in [0.717, 1.165) is 0 Å². The van der Waals surface area contributed by atoms with Gasteiger partial charge in [0.25, 0.3) is 12.3 Å². The number of carbonyl (C=O) groups excluding carboxylic acids is 1. The van der Waals surface area contributed by atoms with Crippen molar-refractivity contribution in [2.24, 2.45) is 0 Å². The number of alkyl halides is 2. The Balaban J connectivity index is 1.95. The molecule has 1 heterocycles. The Labute approximate surface area is 145 Å². The van der Waals surface area contributed by atoms with Crippen molar-refractivity contribution in [3.8, 4) is 17.2 Å². The second-order valence-corrected chi connectivity index (χ2v) is 5.91. The van der Waals surface area contributed by atoms with Gasteiger partial charge in [0.05, 0.1) is 11.6 Å². The quantitative estimate of drug-likeness (QED) is 0.757. The average molecular weight is 356 g/mol. The van der Waals surface area contributed by atoms with E-state index in [2.05, 4.69) is 21.6 Å². The van der Waals surface area contributed by atoms with Crippen LogP contribution in [0.1, 0.15) is 27.4 Å². The molecule has 5 nitrogen and oxygen atoms in total. The third kappa shape index (κ3) is 3.51. The maximum Gasteiger partial charge on any atom is 0.291 e. The summed E-state index contributed by atoms with van der Waals surface area (Å²) in [6, 6.07) is 15.7. The summed E-state index contributed by atoms with van der Waals surface area (Å²) in [6.07, 6.45) is -2.74. The summed E-state index contributed by atoms with van der Waals surface area (Å²) >= 11 is 0.617. The summed E-state index contributed by atoms with van der Waals surface area (Å²) in [5.74, 6) is -0.514. The van der Waals surface area contributed by atoms with Gasteiger partial charge in [0, 0.05) is 11.1 Å². The van der Waals surface area contributed by atoms with Crippen LogP contribution in [0.15, 0.2) is 48.5 Å². The highest BCUT2D eigenvalue weighted by Gasteiger charge is 2.18. The summed E-state index contributed by atoms with van der Waals surface area (Å²) in [5.41, 5.74) is 1.91. The smallest absolute Gasteiger partial charge is 0.291 e. The van der Waals surface area contributed by atoms with Crippen molar-refractivity contribution in [1.29, 1.82) is 5.26 Å². The number of nitriles is 1. The molecule has 0 bridgehead atoms. The van der Waals surface area contributed by atoms with Gasteiger partial charge in [-0.25, -0.2) is 8.78 Å². The second kappa shape index (κ2) is 7.15. The number of anilines is 1. The monoisotopic (exact) mass is 356 g/mol. The number of benzene rings is 2. The third-order valence-corrected chi connectivity index (χ3v) is 4.20. The molecule has 1 N–H and O–H groups in total. The Hall–Kier alpha value is -3.18. The Kier molecular flexibility index (Phi) is 4.77. The molecule has 0 atom stereocenters. The van der Waals surface area contributed by atoms with Crippen LogP contribution in [0, 0.1) is 11.3 Å². The Bertz CT molecular complexity index is 965. The average Bonchev–Trinajstić information content (AvgIpc) is 3.10. The van der Waals surface area contributed by atoms with E-state index in [1.54, 1.807) is 48.5 Å². The summed E-state index contributed by atoms with van der Waals surface area (Å²) in [6.45, 7) is 0. The zero-order valence-corrected chi connectivity index (χ0v) is 13.4. The lowest BCUT2D eigenvalue weighted by atomic mass is 9.95. The second-order valence-electron chi connectivity index (χ2n) is 4.90. The zero-order chi connectivity index (χ0) is 17.8. The topological polar surface area (TPSA) is 78.7 Å². The highest BCUT2D eigenvalue weighted by atomic mass is 32.1. The van der Waals surface area contributed by atoms with Crippen molar-refractivity contribution in [2.75, 3.05) is 5.32 Å². The van der Waals surface area contributed by atoms with Crippen LogP contribution in [-0.4, -0.2) is 16.1 Å². The first kappa shape index (κ1) is 16.7. The highest BCUT2D eigenvalue weighted by Crippen LogP contribution is 2.29. The van der Waals surface area contributed by atoms with Crippen LogP contribution >= 0.6 is 11.3 Å². The van der Waals surface area contributed by atoms with Crippen molar-refractivity contribution in [3.05, 3.63) is 64.7 Å². The van der Waals surface area contributed by atoms with E-state index in [4.69, 9.17) is 0 Å². The first-order chi connectivity index (χ1) is 12.1. The molecule has 0 aliphatic carbocycles. The minimum atomic E-state index is -2.74. The number of hydrogen-bond acceptors (Lipinski definition) is 5. The molecular weight excluding hydrogens is 346 g/mol. The molecule has 0 fully saturated rings. The molecule has 3 aromatic rings. The fourth-order valence-corrected chi connectivity index (χ4v) is 2.86. The van der Waals surface area contributed by atoms with Crippen molar-refractivity contribution in [3.63, 3.8) is 0 Å². The number of carbonyl (C=O) groups is 1. The zero-order valence-electron chi connectivity index (χ0n) is 12.6. The summed E-state index contributed by atoms with van der Waals surface area (Å²) in [4.78, 5) is 12.5. The molecule has 0 aliphatic rings. The molecule has 0 spiro atoms. The van der Waals surface area contributed by atoms with Crippen LogP contribution in [-0.2, 0) is 0 Å². The van der Waals surface area contributed by atoms with Gasteiger partial charge < -0.3 is 0 Å². The van der Waals surface area contributed by atoms with Crippen molar-refractivity contribution in [2.45, 2.75) is 6.43 Å². The number of aromatic nitrogens is 2. The first-order valence-corrected chi connectivity index (χ1v) is 7.93. The van der Waals surface area contributed by atoms with Crippen LogP contribution < -0.4 is 5.32 Å². The molecule has 8 heteroatoms. The van der Waals surface area contributed by atoms with Gasteiger partial charge >= 0.3 is 0 Å². The molecule has 2 aromatic carbocycles. The minimum Gasteiger partial charge on any atom is -0.296 e. The SMILES string of the molecule is N#Cc1ccccc1-c1ccccc1C(=O)Nc1nnc(C(F)F)s1. The molecule has 0 aliphatic heterocycles. The molecule has 124 valence electrons. The van der Waals surface area contributed by atoms with Gasteiger partial charge in [-0.05, 0) is 17.7 Å². The lowest BCUT2D eigenvalue weighted by Crippen LogP contribution is -2.13. The van der Waals surface area contributed by atoms with Gasteiger partial charge in [0.15, 0.2) is 5.01 Å². The van der Waals surface area contributed by atoms with Crippen LogP contribution in [0.5, 0.6) is 0 Å². The molecule has 0 unspecified atom stereocenters. The highest BCUT2D eigenvalue weighted by molar-refractivity contribution is 7.15. The van der Waals surface area contributed by atoms with E-state index in [-0.39, 0.29) is 5.13 Å². The van der Waals surface area contributed by atoms with Gasteiger partial charge in [-0.15, -0.1) is 10.2 Å². The normalized spacial score (nSPS) is 10.5. The number of nitrogens with zero attached hydrogens (tertiary/aromatic N) is 3. The van der Waals surface area contributed by atoms with Crippen LogP contribution in [0.3, 0.4) is 0 Å². The van der Waals surface area contributed by atoms with Gasteiger partial charge in [-0.1, -0.05) is 47.7 Å². The van der Waals surface area contributed by atoms with Gasteiger partial charge in [0.2, 0.25) is 5.13 Å². The molecule has 1 aromatic heterocycles. The lowest BCUT2D eigenvalue weighted by molar-refractivity contribution is 0.102. The first-order valence-electron chi connectivity index (χ1n) is 7.11. The predicted molar refractivity (Wildman–Crippen MR) is 89.4 cm³/mol. The minimum absolute atomic E-state index is 0.0105. The van der Waals surface area contributed by atoms with E-state index < -0.39 is 17.3 Å². The summed E-state index contributed by atoms with van der Waals surface area (Å²) < 4.78 is 25.1. The maximum atomic E-state index is 12.6. The number of hydrogen-bond donors (Lipinski definition) is 1. The van der Waals surface area contributed by atoms with E-state index >= 15 is 0 Å². The standard InChI is InChI=1S/C17H10F2N4OS/c18-14(19)16-22-23-17(25-16)21-15(24)13-8-4-3-7-12(13)11-6-2-1-5-10(11)9-20/h1-8,14H,(H,21,23,24). The molecule has 1 amide bonds. The fourth-order valence-electron chi connectivity index (χ4n) is 2.27. The van der Waals surface area contributed by atoms with Crippen molar-refractivity contribution < 1.29 is 13.6 Å². The van der Waals surface area contributed by atoms with Crippen LogP contribution in [0.25, 0.3) is 11.1 Å². The number of rotatable bonds is 4. The van der Waals surface area contributed by atoms with Gasteiger partial charge in [-0.2, -0.15) is 5.26 Å². The fraction of sp³-hybridized carbons (Fsp3) is 0.0588. The molecule has 3 rings (SSSR count). The lowest BCUT2D eigenvalue weighted by Gasteiger charge is -2.10. The Morgan fingerprint density at radius 1 is 1.08 bits per heavy atom. The van der Waals surface area contributed by atoms with E-state index in [1.807, 2.05) is 0 Å². The van der Waals surface area contributed by atoms with E-state index in [9.17, 15) is 18.8 Å². The number of amides is 1. The largest absolute Gasteiger partial charge is 0.296 e. The van der Waals surface area contributed by atoms with Crippen LogP contribution in [0.2, 0.25) is 0 Å². The van der Waals surface area contributed by atoms with Crippen molar-refractivity contribution >= 4 is 22.4 Å². The summed E-state index contributed by atoms with van der Waals surface area (Å²) in [7, 11) is 0. The van der Waals surface area contributed by atoms with Gasteiger partial charge in [0.1, 0.15) is 0 Å². The van der Waals surface area contributed by atoms with E-state index in [0.29, 0.717) is 33.6 Å². The predicted octanol–water partition coefficient (Wildman–Crippen LogP) is 4.27. The molecule has 0 radical (unpaired) electrons. The van der Waals surface area contributed by atoms with E-state index in [1.165, 1.54) is 0 Å². The maximum absolute atomic E-state index is 12.6. The van der Waals surface area contributed by atoms with Crippen molar-refractivity contribution in [1.82, 2.24) is 10.2 Å². The Morgan fingerprint density at radius 2 is 1.76 bits per heavy atom. The molecule has 0 saturated heterocycles. The molecular formula is C17H10F2N4OS. The molecule has 0 saturated carbocycles. The third-order valence-electron chi connectivity index (χ3n) is 3.36.